The molecule has 0 N–H and O–H groups in total. The summed E-state index contributed by atoms with van der Waals surface area (Å²) in [6.45, 7) is 2.00. The summed E-state index contributed by atoms with van der Waals surface area (Å²) in [7, 11) is 0. The van der Waals surface area contributed by atoms with Crippen molar-refractivity contribution in [3.05, 3.63) is 58.2 Å². The Morgan fingerprint density at radius 1 is 1.07 bits per heavy atom. The maximum absolute atomic E-state index is 8.00. The number of hydrogen-bond acceptors (Lipinski definition) is 1. The van der Waals surface area contributed by atoms with E-state index in [1.807, 2.05) is 49.3 Å². The van der Waals surface area contributed by atoms with E-state index in [0.29, 0.717) is 0 Å². The van der Waals surface area contributed by atoms with Gasteiger partial charge < -0.3 is 4.79 Å². The molecule has 0 bridgehead atoms. The molecule has 0 heterocycles. The minimum Gasteiger partial charge on any atom is -0.307 e. The number of rotatable bonds is 0. The molecule has 0 aliphatic heterocycles. The molecule has 2 aromatic rings. The molecule has 0 fully saturated rings. The fourth-order valence-corrected chi connectivity index (χ4v) is 1.09. The Kier molecular flexibility index (Phi) is 14.5. The maximum atomic E-state index is 8.00. The van der Waals surface area contributed by atoms with Gasteiger partial charge in [-0.15, -0.1) is 3.57 Å². The van der Waals surface area contributed by atoms with Crippen LogP contribution in [0.25, 0.3) is 0 Å². The molecule has 0 atom stereocenters. The molecular formula is C11H11FeIO. The van der Waals surface area contributed by atoms with E-state index in [2.05, 4.69) is 34.7 Å². The van der Waals surface area contributed by atoms with Crippen LogP contribution >= 0.6 is 22.6 Å². The van der Waals surface area contributed by atoms with E-state index in [-0.39, 0.29) is 17.1 Å². The van der Waals surface area contributed by atoms with Gasteiger partial charge in [0, 0.05) is 0 Å². The number of carbonyl (C=O) groups excluding carboxylic acids is 1. The molecule has 0 saturated carbocycles. The topological polar surface area (TPSA) is 17.1 Å². The molecule has 0 aliphatic rings. The minimum atomic E-state index is 0. The van der Waals surface area contributed by atoms with Gasteiger partial charge in [-0.05, 0) is 0 Å². The molecule has 0 spiro atoms. The van der Waals surface area contributed by atoms with Crippen molar-refractivity contribution in [2.45, 2.75) is 0 Å². The van der Waals surface area contributed by atoms with Crippen LogP contribution in [0.5, 0.6) is 0 Å². The van der Waals surface area contributed by atoms with Crippen molar-refractivity contribution < 1.29 is 21.9 Å². The molecule has 14 heavy (non-hydrogen) atoms. The first kappa shape index (κ1) is 16.1. The molecule has 2 aromatic carbocycles. The van der Waals surface area contributed by atoms with Crippen molar-refractivity contribution in [1.82, 2.24) is 0 Å². The van der Waals surface area contributed by atoms with Crippen LogP contribution < -0.4 is 0 Å². The van der Waals surface area contributed by atoms with Crippen molar-refractivity contribution in [3.8, 4) is 0 Å². The average molecular weight is 342 g/mol. The van der Waals surface area contributed by atoms with Crippen molar-refractivity contribution in [2.24, 2.45) is 0 Å². The van der Waals surface area contributed by atoms with Crippen molar-refractivity contribution in [3.63, 3.8) is 0 Å². The van der Waals surface area contributed by atoms with E-state index < -0.39 is 0 Å². The van der Waals surface area contributed by atoms with Gasteiger partial charge in [-0.2, -0.15) is 30.3 Å². The number of halogens is 1. The van der Waals surface area contributed by atoms with E-state index in [1.54, 1.807) is 0 Å². The second-order valence-corrected chi connectivity index (χ2v) is 3.31. The summed E-state index contributed by atoms with van der Waals surface area (Å²) in [6.07, 6.45) is 0. The predicted octanol–water partition coefficient (Wildman–Crippen LogP) is 3.23. The zero-order valence-corrected chi connectivity index (χ0v) is 10.8. The third kappa shape index (κ3) is 9.71. The summed E-state index contributed by atoms with van der Waals surface area (Å²) in [4.78, 5) is 8.00. The summed E-state index contributed by atoms with van der Waals surface area (Å²) >= 11 is 2.28. The largest absolute Gasteiger partial charge is 2.00 e. The average Bonchev–Trinajstić information content (AvgIpc) is 2.81. The van der Waals surface area contributed by atoms with Crippen LogP contribution in [-0.4, -0.2) is 6.79 Å². The maximum Gasteiger partial charge on any atom is 2.00 e. The third-order valence-corrected chi connectivity index (χ3v) is 1.90. The van der Waals surface area contributed by atoms with E-state index in [9.17, 15) is 0 Å². The molecule has 2 rings (SSSR count). The Labute approximate surface area is 109 Å². The van der Waals surface area contributed by atoms with Crippen LogP contribution in [0.4, 0.5) is 0 Å². The fourth-order valence-electron chi connectivity index (χ4n) is 0.671. The smallest absolute Gasteiger partial charge is 0.307 e. The normalized spacial score (nSPS) is 6.93. The third-order valence-electron chi connectivity index (χ3n) is 1.18. The molecule has 0 aliphatic carbocycles. The molecule has 0 unspecified atom stereocenters. The Morgan fingerprint density at radius 3 is 1.79 bits per heavy atom. The van der Waals surface area contributed by atoms with E-state index in [1.165, 1.54) is 3.57 Å². The van der Waals surface area contributed by atoms with Crippen LogP contribution in [0, 0.1) is 3.57 Å². The van der Waals surface area contributed by atoms with E-state index in [4.69, 9.17) is 4.79 Å². The van der Waals surface area contributed by atoms with E-state index >= 15 is 0 Å². The van der Waals surface area contributed by atoms with Crippen molar-refractivity contribution in [2.75, 3.05) is 0 Å². The van der Waals surface area contributed by atoms with Gasteiger partial charge in [-0.3, -0.25) is 0 Å². The van der Waals surface area contributed by atoms with Gasteiger partial charge >= 0.3 is 17.1 Å². The summed E-state index contributed by atoms with van der Waals surface area (Å²) in [5.41, 5.74) is 0. The zero-order chi connectivity index (χ0) is 9.94. The predicted molar refractivity (Wildman–Crippen MR) is 63.9 cm³/mol. The van der Waals surface area contributed by atoms with Gasteiger partial charge in [0.25, 0.3) is 0 Å². The van der Waals surface area contributed by atoms with Crippen LogP contribution in [0.15, 0.2) is 54.6 Å². The Hall–Kier alpha value is -0.381. The minimum absolute atomic E-state index is 0. The molecule has 0 saturated heterocycles. The standard InChI is InChI=1S/C5H4I.C5H5.CH2O.Fe/c6-5-3-1-2-4-5;1-2-4-5-3-1;1-2;/h1-4H;1-5H;1H2;/q2*-1;;+2. The van der Waals surface area contributed by atoms with Crippen LogP contribution in [-0.2, 0) is 21.9 Å². The first-order valence-corrected chi connectivity index (χ1v) is 4.80. The SMILES string of the molecule is C=O.Ic1ccc[cH-]1.[Fe+2].c1cc[cH-]c1. The molecule has 0 amide bonds. The molecular weight excluding hydrogens is 331 g/mol. The fraction of sp³-hybridized carbons (Fsp3) is 0. The first-order valence-electron chi connectivity index (χ1n) is 3.72. The second kappa shape index (κ2) is 12.6. The molecule has 3 heteroatoms. The van der Waals surface area contributed by atoms with Gasteiger partial charge in [-0.25, -0.2) is 24.3 Å². The summed E-state index contributed by atoms with van der Waals surface area (Å²) in [5.74, 6) is 0. The van der Waals surface area contributed by atoms with Gasteiger partial charge in [0.2, 0.25) is 0 Å². The zero-order valence-electron chi connectivity index (χ0n) is 7.54. The molecule has 0 aromatic heterocycles. The summed E-state index contributed by atoms with van der Waals surface area (Å²) in [6, 6.07) is 18.2. The Bertz CT molecular complexity index is 246. The molecule has 1 nitrogen and oxygen atoms in total. The van der Waals surface area contributed by atoms with Crippen molar-refractivity contribution in [1.29, 1.82) is 0 Å². The van der Waals surface area contributed by atoms with Crippen LogP contribution in [0.1, 0.15) is 0 Å². The Balaban J connectivity index is 0. The van der Waals surface area contributed by atoms with Gasteiger partial charge in [0.1, 0.15) is 6.79 Å². The summed E-state index contributed by atoms with van der Waals surface area (Å²) < 4.78 is 1.31. The van der Waals surface area contributed by atoms with Gasteiger partial charge in [0.05, 0.1) is 0 Å². The first-order chi connectivity index (χ1) is 6.39. The van der Waals surface area contributed by atoms with Crippen molar-refractivity contribution >= 4 is 29.4 Å². The Morgan fingerprint density at radius 2 is 1.64 bits per heavy atom. The quantitative estimate of drug-likeness (QED) is 0.408. The number of carbonyl (C=O) groups is 1. The van der Waals surface area contributed by atoms with Gasteiger partial charge in [-0.1, -0.05) is 22.6 Å². The second-order valence-electron chi connectivity index (χ2n) is 2.07. The van der Waals surface area contributed by atoms with Gasteiger partial charge in [0.15, 0.2) is 0 Å². The van der Waals surface area contributed by atoms with E-state index in [0.717, 1.165) is 0 Å². The monoisotopic (exact) mass is 342 g/mol. The molecule has 76 valence electrons. The molecule has 0 radical (unpaired) electrons. The summed E-state index contributed by atoms with van der Waals surface area (Å²) in [5, 5.41) is 0. The number of hydrogen-bond donors (Lipinski definition) is 0. The van der Waals surface area contributed by atoms with Crippen LogP contribution in [0.3, 0.4) is 0 Å². The van der Waals surface area contributed by atoms with Crippen LogP contribution in [0.2, 0.25) is 0 Å².